The van der Waals surface area contributed by atoms with Crippen molar-refractivity contribution in [2.75, 3.05) is 12.4 Å². The third-order valence-electron chi connectivity index (χ3n) is 4.00. The highest BCUT2D eigenvalue weighted by Crippen LogP contribution is 2.28. The summed E-state index contributed by atoms with van der Waals surface area (Å²) in [5.41, 5.74) is 2.92. The average molecular weight is 408 g/mol. The normalized spacial score (nSPS) is 10.6. The highest BCUT2D eigenvalue weighted by molar-refractivity contribution is 7.18. The van der Waals surface area contributed by atoms with Crippen LogP contribution in [0.25, 0.3) is 21.5 Å². The molecule has 0 saturated heterocycles. The molecule has 0 amide bonds. The number of thiazole rings is 1. The first-order chi connectivity index (χ1) is 13.7. The van der Waals surface area contributed by atoms with Gasteiger partial charge in [0.2, 0.25) is 5.95 Å². The summed E-state index contributed by atoms with van der Waals surface area (Å²) < 4.78 is 6.33. The molecule has 0 fully saturated rings. The average Bonchev–Trinajstić information content (AvgIpc) is 3.15. The van der Waals surface area contributed by atoms with Gasteiger partial charge in [-0.25, -0.2) is 9.97 Å². The number of halogens is 1. The minimum atomic E-state index is 0.386. The van der Waals surface area contributed by atoms with Crippen LogP contribution in [0.4, 0.5) is 5.95 Å². The molecule has 0 saturated carbocycles. The SMILES string of the molecule is C#Cc1ccc(Cl)c(-c2cnnc(NCc3nc4cc(OC)ccc4s3)n2)c1. The summed E-state index contributed by atoms with van der Waals surface area (Å²) in [6.07, 6.45) is 7.02. The van der Waals surface area contributed by atoms with E-state index in [9.17, 15) is 0 Å². The Balaban J connectivity index is 1.55. The fraction of sp³-hybridized carbons (Fsp3) is 0.100. The number of methoxy groups -OCH3 is 1. The predicted octanol–water partition coefficient (Wildman–Crippen LogP) is 4.40. The molecule has 4 aromatic rings. The summed E-state index contributed by atoms with van der Waals surface area (Å²) in [6.45, 7) is 0.477. The third-order valence-corrected chi connectivity index (χ3v) is 5.37. The Bertz CT molecular complexity index is 1200. The van der Waals surface area contributed by atoms with Gasteiger partial charge in [0.25, 0.3) is 0 Å². The predicted molar refractivity (Wildman–Crippen MR) is 112 cm³/mol. The summed E-state index contributed by atoms with van der Waals surface area (Å²) in [7, 11) is 1.64. The largest absolute Gasteiger partial charge is 0.497 e. The van der Waals surface area contributed by atoms with Crippen molar-refractivity contribution in [1.82, 2.24) is 20.2 Å². The molecular formula is C20H14ClN5OS. The summed E-state index contributed by atoms with van der Waals surface area (Å²) >= 11 is 7.88. The van der Waals surface area contributed by atoms with Crippen LogP contribution in [0.3, 0.4) is 0 Å². The number of anilines is 1. The van der Waals surface area contributed by atoms with Crippen LogP contribution in [0, 0.1) is 12.3 Å². The number of hydrogen-bond acceptors (Lipinski definition) is 7. The fourth-order valence-corrected chi connectivity index (χ4v) is 3.73. The van der Waals surface area contributed by atoms with E-state index in [2.05, 4.69) is 31.4 Å². The van der Waals surface area contributed by atoms with Gasteiger partial charge < -0.3 is 10.1 Å². The van der Waals surface area contributed by atoms with Crippen LogP contribution in [0.5, 0.6) is 5.75 Å². The fourth-order valence-electron chi connectivity index (χ4n) is 2.63. The molecule has 2 aromatic heterocycles. The molecule has 0 aliphatic heterocycles. The molecule has 2 heterocycles. The molecule has 2 aromatic carbocycles. The lowest BCUT2D eigenvalue weighted by Gasteiger charge is -2.06. The maximum atomic E-state index is 6.29. The van der Waals surface area contributed by atoms with Gasteiger partial charge in [0.1, 0.15) is 10.8 Å². The van der Waals surface area contributed by atoms with Crippen LogP contribution in [0.2, 0.25) is 5.02 Å². The van der Waals surface area contributed by atoms with Gasteiger partial charge in [0.15, 0.2) is 0 Å². The quantitative estimate of drug-likeness (QED) is 0.494. The monoisotopic (exact) mass is 407 g/mol. The Labute approximate surface area is 170 Å². The lowest BCUT2D eigenvalue weighted by atomic mass is 10.1. The maximum absolute atomic E-state index is 6.29. The Kier molecular flexibility index (Phi) is 5.06. The lowest BCUT2D eigenvalue weighted by Crippen LogP contribution is -2.05. The van der Waals surface area contributed by atoms with Crippen LogP contribution in [-0.4, -0.2) is 27.3 Å². The number of nitrogens with one attached hydrogen (secondary N) is 1. The number of benzene rings is 2. The molecule has 0 spiro atoms. The number of nitrogens with zero attached hydrogens (tertiary/aromatic N) is 4. The Morgan fingerprint density at radius 2 is 2.11 bits per heavy atom. The van der Waals surface area contributed by atoms with Crippen molar-refractivity contribution in [3.8, 4) is 29.4 Å². The molecule has 8 heteroatoms. The van der Waals surface area contributed by atoms with E-state index in [1.54, 1.807) is 42.8 Å². The van der Waals surface area contributed by atoms with Crippen molar-refractivity contribution in [3.63, 3.8) is 0 Å². The summed E-state index contributed by atoms with van der Waals surface area (Å²) in [4.78, 5) is 9.11. The van der Waals surface area contributed by atoms with Gasteiger partial charge in [-0.15, -0.1) is 22.9 Å². The van der Waals surface area contributed by atoms with E-state index < -0.39 is 0 Å². The molecule has 0 aliphatic rings. The summed E-state index contributed by atoms with van der Waals surface area (Å²) in [5, 5.41) is 12.7. The van der Waals surface area contributed by atoms with Crippen molar-refractivity contribution in [2.24, 2.45) is 0 Å². The van der Waals surface area contributed by atoms with E-state index in [4.69, 9.17) is 22.8 Å². The first-order valence-electron chi connectivity index (χ1n) is 8.30. The minimum Gasteiger partial charge on any atom is -0.497 e. The van der Waals surface area contributed by atoms with Crippen LogP contribution in [-0.2, 0) is 6.54 Å². The van der Waals surface area contributed by atoms with Crippen molar-refractivity contribution in [2.45, 2.75) is 6.54 Å². The van der Waals surface area contributed by atoms with Crippen molar-refractivity contribution in [1.29, 1.82) is 0 Å². The number of rotatable bonds is 5. The van der Waals surface area contributed by atoms with Crippen LogP contribution in [0.1, 0.15) is 10.6 Å². The zero-order chi connectivity index (χ0) is 19.5. The van der Waals surface area contributed by atoms with Gasteiger partial charge in [0, 0.05) is 17.2 Å². The molecule has 1 N–H and O–H groups in total. The van der Waals surface area contributed by atoms with Crippen molar-refractivity contribution >= 4 is 39.1 Å². The first-order valence-corrected chi connectivity index (χ1v) is 9.49. The standard InChI is InChI=1S/C20H14ClN5OS/c1-3-12-4-6-15(21)14(8-12)17-10-23-26-20(25-17)22-11-19-24-16-9-13(27-2)5-7-18(16)28-19/h1,4-10H,11H2,2H3,(H,22,25,26). The van der Waals surface area contributed by atoms with E-state index in [-0.39, 0.29) is 0 Å². The van der Waals surface area contributed by atoms with Gasteiger partial charge in [-0.2, -0.15) is 5.10 Å². The van der Waals surface area contributed by atoms with E-state index in [1.165, 1.54) is 0 Å². The number of hydrogen-bond donors (Lipinski definition) is 1. The molecule has 0 radical (unpaired) electrons. The molecule has 138 valence electrons. The van der Waals surface area contributed by atoms with Gasteiger partial charge in [-0.05, 0) is 30.3 Å². The highest BCUT2D eigenvalue weighted by Gasteiger charge is 2.10. The Hall–Kier alpha value is -3.21. The van der Waals surface area contributed by atoms with Crippen LogP contribution in [0.15, 0.2) is 42.6 Å². The highest BCUT2D eigenvalue weighted by atomic mass is 35.5. The van der Waals surface area contributed by atoms with E-state index in [0.717, 1.165) is 26.5 Å². The summed E-state index contributed by atoms with van der Waals surface area (Å²) in [6, 6.07) is 11.2. The Morgan fingerprint density at radius 1 is 1.21 bits per heavy atom. The third kappa shape index (κ3) is 3.74. The number of terminal acetylenes is 1. The summed E-state index contributed by atoms with van der Waals surface area (Å²) in [5.74, 6) is 3.76. The van der Waals surface area contributed by atoms with E-state index in [1.807, 2.05) is 18.2 Å². The number of aromatic nitrogens is 4. The second kappa shape index (κ2) is 7.80. The number of fused-ring (bicyclic) bond motifs is 1. The minimum absolute atomic E-state index is 0.386. The molecule has 6 nitrogen and oxygen atoms in total. The van der Waals surface area contributed by atoms with Crippen molar-refractivity contribution < 1.29 is 4.74 Å². The lowest BCUT2D eigenvalue weighted by molar-refractivity contribution is 0.415. The molecular weight excluding hydrogens is 394 g/mol. The van der Waals surface area contributed by atoms with Gasteiger partial charge in [-0.3, -0.25) is 0 Å². The Morgan fingerprint density at radius 3 is 2.93 bits per heavy atom. The van der Waals surface area contributed by atoms with Crippen LogP contribution < -0.4 is 10.1 Å². The zero-order valence-corrected chi connectivity index (χ0v) is 16.4. The molecule has 4 rings (SSSR count). The van der Waals surface area contributed by atoms with Gasteiger partial charge in [-0.1, -0.05) is 17.5 Å². The van der Waals surface area contributed by atoms with Crippen molar-refractivity contribution in [3.05, 3.63) is 58.2 Å². The molecule has 28 heavy (non-hydrogen) atoms. The van der Waals surface area contributed by atoms with Gasteiger partial charge in [0.05, 0.1) is 40.8 Å². The molecule has 0 aliphatic carbocycles. The van der Waals surface area contributed by atoms with Gasteiger partial charge >= 0.3 is 0 Å². The molecule has 0 atom stereocenters. The first kappa shape index (κ1) is 18.2. The maximum Gasteiger partial charge on any atom is 0.243 e. The second-order valence-corrected chi connectivity index (χ2v) is 7.32. The number of ether oxygens (including phenoxy) is 1. The topological polar surface area (TPSA) is 72.8 Å². The second-order valence-electron chi connectivity index (χ2n) is 5.80. The van der Waals surface area contributed by atoms with E-state index in [0.29, 0.717) is 28.8 Å². The van der Waals surface area contributed by atoms with E-state index >= 15 is 0 Å². The molecule has 0 bridgehead atoms. The smallest absolute Gasteiger partial charge is 0.243 e. The zero-order valence-electron chi connectivity index (χ0n) is 14.8. The molecule has 0 unspecified atom stereocenters. The van der Waals surface area contributed by atoms with Crippen LogP contribution >= 0.6 is 22.9 Å².